The second-order valence-electron chi connectivity index (χ2n) is 11.3. The molecule has 9 nitrogen and oxygen atoms in total. The Bertz CT molecular complexity index is 1410. The van der Waals surface area contributed by atoms with Gasteiger partial charge in [-0.3, -0.25) is 19.4 Å². The van der Waals surface area contributed by atoms with Crippen molar-refractivity contribution in [3.05, 3.63) is 84.4 Å². The summed E-state index contributed by atoms with van der Waals surface area (Å²) in [5.41, 5.74) is 2.66. The van der Waals surface area contributed by atoms with Gasteiger partial charge in [0.2, 0.25) is 5.91 Å². The minimum atomic E-state index is -0.686. The van der Waals surface area contributed by atoms with Crippen molar-refractivity contribution in [1.29, 1.82) is 0 Å². The number of anilines is 2. The lowest BCUT2D eigenvalue weighted by Crippen LogP contribution is -2.47. The van der Waals surface area contributed by atoms with Crippen molar-refractivity contribution in [3.63, 3.8) is 0 Å². The molecule has 0 bridgehead atoms. The van der Waals surface area contributed by atoms with Gasteiger partial charge in [-0.2, -0.15) is 0 Å². The Morgan fingerprint density at radius 2 is 1.42 bits per heavy atom. The highest BCUT2D eigenvalue weighted by molar-refractivity contribution is 7.80. The van der Waals surface area contributed by atoms with Crippen molar-refractivity contribution >= 4 is 40.5 Å². The van der Waals surface area contributed by atoms with Crippen LogP contribution < -0.4 is 19.7 Å². The molecule has 2 saturated heterocycles. The zero-order valence-corrected chi connectivity index (χ0v) is 27.0. The number of carbonyl (C=O) groups is 2. The fourth-order valence-electron chi connectivity index (χ4n) is 5.85. The molecule has 2 heterocycles. The number of piperazine rings is 1. The number of nitrogens with one attached hydrogen (secondary N) is 1. The average molecular weight is 630 g/mol. The maximum Gasteiger partial charge on any atom is 0.256 e. The molecule has 3 aromatic rings. The van der Waals surface area contributed by atoms with E-state index in [4.69, 9.17) is 21.7 Å². The Morgan fingerprint density at radius 1 is 0.822 bits per heavy atom. The van der Waals surface area contributed by atoms with Gasteiger partial charge in [-0.25, -0.2) is 0 Å². The summed E-state index contributed by atoms with van der Waals surface area (Å²) in [7, 11) is 0. The first kappa shape index (κ1) is 32.4. The molecule has 1 N–H and O–H groups in total. The first-order valence-corrected chi connectivity index (χ1v) is 16.2. The van der Waals surface area contributed by atoms with Crippen LogP contribution in [0.4, 0.5) is 11.4 Å². The summed E-state index contributed by atoms with van der Waals surface area (Å²) < 4.78 is 11.1. The smallest absolute Gasteiger partial charge is 0.256 e. The molecule has 10 heteroatoms. The first-order valence-electron chi connectivity index (χ1n) is 15.8. The van der Waals surface area contributed by atoms with Gasteiger partial charge in [0.15, 0.2) is 5.11 Å². The molecular weight excluding hydrogens is 586 g/mol. The monoisotopic (exact) mass is 629 g/mol. The van der Waals surface area contributed by atoms with Crippen molar-refractivity contribution in [3.8, 4) is 11.5 Å². The number of thiocarbonyl (C=S) groups is 1. The fourth-order valence-corrected chi connectivity index (χ4v) is 6.26. The van der Waals surface area contributed by atoms with E-state index in [1.165, 1.54) is 5.56 Å². The third kappa shape index (κ3) is 8.59. The molecule has 238 valence electrons. The van der Waals surface area contributed by atoms with Gasteiger partial charge in [-0.15, -0.1) is 0 Å². The second-order valence-corrected chi connectivity index (χ2v) is 11.6. The molecule has 2 fully saturated rings. The van der Waals surface area contributed by atoms with Crippen LogP contribution in [0.5, 0.6) is 11.5 Å². The van der Waals surface area contributed by atoms with E-state index in [0.29, 0.717) is 36.2 Å². The molecule has 5 rings (SSSR count). The molecule has 0 saturated carbocycles. The van der Waals surface area contributed by atoms with Crippen molar-refractivity contribution in [2.75, 3.05) is 62.7 Å². The van der Waals surface area contributed by atoms with Gasteiger partial charge in [0.25, 0.3) is 5.91 Å². The van der Waals surface area contributed by atoms with E-state index in [1.807, 2.05) is 55.1 Å². The highest BCUT2D eigenvalue weighted by Gasteiger charge is 2.44. The fraction of sp³-hybridized carbons (Fsp3) is 0.400. The molecule has 2 aliphatic rings. The van der Waals surface area contributed by atoms with E-state index >= 15 is 0 Å². The lowest BCUT2D eigenvalue weighted by molar-refractivity contribution is -0.124. The predicted octanol–water partition coefficient (Wildman–Crippen LogP) is 5.02. The van der Waals surface area contributed by atoms with Crippen molar-refractivity contribution in [2.45, 2.75) is 39.3 Å². The Kier molecular flexibility index (Phi) is 11.4. The number of hydrogen-bond acceptors (Lipinski definition) is 7. The molecule has 0 unspecified atom stereocenters. The van der Waals surface area contributed by atoms with Gasteiger partial charge < -0.3 is 24.6 Å². The molecule has 2 aliphatic heterocycles. The summed E-state index contributed by atoms with van der Waals surface area (Å²) in [6.07, 6.45) is 0.831. The number of hydrogen-bond donors (Lipinski definition) is 1. The zero-order chi connectivity index (χ0) is 31.6. The number of ether oxygens (including phenoxy) is 2. The van der Waals surface area contributed by atoms with Gasteiger partial charge in [-0.1, -0.05) is 30.3 Å². The van der Waals surface area contributed by atoms with Crippen LogP contribution in [0, 0.1) is 0 Å². The Balaban J connectivity index is 1.21. The number of benzene rings is 3. The van der Waals surface area contributed by atoms with Crippen LogP contribution >= 0.6 is 12.2 Å². The van der Waals surface area contributed by atoms with Crippen LogP contribution in [-0.4, -0.2) is 90.2 Å². The Hall–Kier alpha value is -3.99. The minimum absolute atomic E-state index is 0.00211. The van der Waals surface area contributed by atoms with Gasteiger partial charge >= 0.3 is 0 Å². The number of rotatable bonds is 14. The molecule has 1 atom stereocenters. The third-order valence-corrected chi connectivity index (χ3v) is 8.56. The van der Waals surface area contributed by atoms with Crippen LogP contribution in [0.2, 0.25) is 0 Å². The molecule has 0 aromatic heterocycles. The number of carbonyl (C=O) groups excluding carboxylic acids is 2. The molecule has 0 spiro atoms. The van der Waals surface area contributed by atoms with Crippen molar-refractivity contribution < 1.29 is 19.1 Å². The second kappa shape index (κ2) is 15.8. The molecule has 3 aromatic carbocycles. The number of nitrogens with zero attached hydrogens (tertiary/aromatic N) is 4. The third-order valence-electron chi connectivity index (χ3n) is 8.14. The van der Waals surface area contributed by atoms with E-state index in [0.717, 1.165) is 57.2 Å². The zero-order valence-electron chi connectivity index (χ0n) is 26.2. The van der Waals surface area contributed by atoms with E-state index in [-0.39, 0.29) is 18.2 Å². The van der Waals surface area contributed by atoms with Gasteiger partial charge in [0.05, 0.1) is 25.3 Å². The maximum atomic E-state index is 13.8. The van der Waals surface area contributed by atoms with Gasteiger partial charge in [0.1, 0.15) is 17.5 Å². The molecule has 0 aliphatic carbocycles. The average Bonchev–Trinajstić information content (AvgIpc) is 3.28. The van der Waals surface area contributed by atoms with Crippen LogP contribution in [0.25, 0.3) is 0 Å². The van der Waals surface area contributed by atoms with E-state index < -0.39 is 6.04 Å². The maximum absolute atomic E-state index is 13.8. The van der Waals surface area contributed by atoms with E-state index in [1.54, 1.807) is 17.0 Å². The normalized spacial score (nSPS) is 17.5. The Morgan fingerprint density at radius 3 is 2.04 bits per heavy atom. The van der Waals surface area contributed by atoms with Crippen molar-refractivity contribution in [2.24, 2.45) is 0 Å². The summed E-state index contributed by atoms with van der Waals surface area (Å²) in [4.78, 5) is 35.5. The quantitative estimate of drug-likeness (QED) is 0.249. The molecule has 2 amide bonds. The summed E-state index contributed by atoms with van der Waals surface area (Å²) in [6, 6.07) is 24.5. The largest absolute Gasteiger partial charge is 0.494 e. The van der Waals surface area contributed by atoms with E-state index in [2.05, 4.69) is 45.4 Å². The molecule has 0 radical (unpaired) electrons. The topological polar surface area (TPSA) is 77.6 Å². The van der Waals surface area contributed by atoms with Gasteiger partial charge in [0, 0.05) is 45.0 Å². The standard InChI is InChI=1S/C35H43N5O4S/c1-3-43-30-15-11-28(12-16-30)36-33(41)25-32-34(42)40(29-13-17-31(18-14-29)44-4-2)35(45)39(32)20-8-19-37-21-23-38(24-22-37)26-27-9-6-5-7-10-27/h5-7,9-18,32H,3-4,8,19-26H2,1-2H3,(H,36,41)/t32-/m1/s1. The highest BCUT2D eigenvalue weighted by atomic mass is 32.1. The predicted molar refractivity (Wildman–Crippen MR) is 182 cm³/mol. The van der Waals surface area contributed by atoms with Gasteiger partial charge in [-0.05, 0) is 93.1 Å². The lowest BCUT2D eigenvalue weighted by atomic mass is 10.1. The van der Waals surface area contributed by atoms with Crippen LogP contribution in [0.1, 0.15) is 32.3 Å². The Labute approximate surface area is 271 Å². The highest BCUT2D eigenvalue weighted by Crippen LogP contribution is 2.29. The number of amides is 2. The summed E-state index contributed by atoms with van der Waals surface area (Å²) in [5.74, 6) is 1.03. The summed E-state index contributed by atoms with van der Waals surface area (Å²) in [5, 5.41) is 3.36. The molecule has 45 heavy (non-hydrogen) atoms. The van der Waals surface area contributed by atoms with Crippen LogP contribution in [-0.2, 0) is 16.1 Å². The van der Waals surface area contributed by atoms with Crippen LogP contribution in [0.3, 0.4) is 0 Å². The van der Waals surface area contributed by atoms with E-state index in [9.17, 15) is 9.59 Å². The SMILES string of the molecule is CCOc1ccc(NC(=O)C[C@@H]2C(=O)N(c3ccc(OCC)cc3)C(=S)N2CCCN2CCN(Cc3ccccc3)CC2)cc1. The summed E-state index contributed by atoms with van der Waals surface area (Å²) in [6.45, 7) is 11.5. The minimum Gasteiger partial charge on any atom is -0.494 e. The summed E-state index contributed by atoms with van der Waals surface area (Å²) >= 11 is 5.89. The lowest BCUT2D eigenvalue weighted by Gasteiger charge is -2.35. The molecular formula is C35H43N5O4S. The van der Waals surface area contributed by atoms with Crippen molar-refractivity contribution in [1.82, 2.24) is 14.7 Å². The van der Waals surface area contributed by atoms with Crippen LogP contribution in [0.15, 0.2) is 78.9 Å². The first-order chi connectivity index (χ1) is 21.9.